The molecule has 1 amide bonds. The van der Waals surface area contributed by atoms with Gasteiger partial charge in [0, 0.05) is 24.8 Å². The van der Waals surface area contributed by atoms with Crippen molar-refractivity contribution in [1.82, 2.24) is 4.90 Å². The average molecular weight is 205 g/mol. The predicted octanol–water partition coefficient (Wildman–Crippen LogP) is 2.20. The van der Waals surface area contributed by atoms with Crippen LogP contribution in [0.5, 0.6) is 0 Å². The second-order valence-electron chi connectivity index (χ2n) is 3.67. The highest BCUT2D eigenvalue weighted by Crippen LogP contribution is 2.33. The normalized spacial score (nSPS) is 19.5. The van der Waals surface area contributed by atoms with Crippen LogP contribution in [0.15, 0.2) is 24.3 Å². The van der Waals surface area contributed by atoms with Crippen molar-refractivity contribution in [2.45, 2.75) is 19.6 Å². The Morgan fingerprint density at radius 3 is 2.80 bits per heavy atom. The highest BCUT2D eigenvalue weighted by Gasteiger charge is 2.35. The van der Waals surface area contributed by atoms with Crippen LogP contribution in [0.1, 0.15) is 35.5 Å². The first-order valence-electron chi connectivity index (χ1n) is 5.22. The first-order chi connectivity index (χ1) is 7.29. The summed E-state index contributed by atoms with van der Waals surface area (Å²) in [6, 6.07) is 7.64. The van der Waals surface area contributed by atoms with Gasteiger partial charge in [-0.3, -0.25) is 4.79 Å². The molecule has 15 heavy (non-hydrogen) atoms. The standard InChI is InChI=1S/C12H15NO2/c1-3-8-13-11(14)9-6-4-5-7-10(9)12(13)15-2/h4-7,12H,3,8H2,1-2H3. The van der Waals surface area contributed by atoms with Crippen LogP contribution in [0, 0.1) is 0 Å². The number of hydrogen-bond donors (Lipinski definition) is 0. The van der Waals surface area contributed by atoms with Crippen LogP contribution >= 0.6 is 0 Å². The summed E-state index contributed by atoms with van der Waals surface area (Å²) in [7, 11) is 1.64. The van der Waals surface area contributed by atoms with Gasteiger partial charge in [0.05, 0.1) is 0 Å². The van der Waals surface area contributed by atoms with E-state index in [0.717, 1.165) is 24.1 Å². The number of carbonyl (C=O) groups is 1. The van der Waals surface area contributed by atoms with Crippen molar-refractivity contribution in [3.05, 3.63) is 35.4 Å². The molecule has 1 aromatic rings. The molecule has 1 aliphatic heterocycles. The molecule has 0 aliphatic carbocycles. The molecule has 1 heterocycles. The van der Waals surface area contributed by atoms with Crippen molar-refractivity contribution in [1.29, 1.82) is 0 Å². The molecule has 1 atom stereocenters. The maximum absolute atomic E-state index is 12.0. The second-order valence-corrected chi connectivity index (χ2v) is 3.67. The van der Waals surface area contributed by atoms with Gasteiger partial charge in [-0.1, -0.05) is 25.1 Å². The number of fused-ring (bicyclic) bond motifs is 1. The molecule has 3 heteroatoms. The minimum Gasteiger partial charge on any atom is -0.357 e. The summed E-state index contributed by atoms with van der Waals surface area (Å²) in [6.45, 7) is 2.80. The van der Waals surface area contributed by atoms with Crippen LogP contribution in [0.3, 0.4) is 0 Å². The Labute approximate surface area is 89.7 Å². The van der Waals surface area contributed by atoms with E-state index >= 15 is 0 Å². The molecule has 0 radical (unpaired) electrons. The van der Waals surface area contributed by atoms with Gasteiger partial charge in [0.15, 0.2) is 6.23 Å². The Hall–Kier alpha value is -1.35. The molecular formula is C12H15NO2. The number of amides is 1. The molecule has 80 valence electrons. The van der Waals surface area contributed by atoms with Gasteiger partial charge in [-0.05, 0) is 12.5 Å². The lowest BCUT2D eigenvalue weighted by Gasteiger charge is -2.23. The molecule has 2 rings (SSSR count). The molecule has 0 saturated carbocycles. The number of rotatable bonds is 3. The fourth-order valence-corrected chi connectivity index (χ4v) is 2.05. The largest absolute Gasteiger partial charge is 0.357 e. The van der Waals surface area contributed by atoms with Crippen molar-refractivity contribution in [2.75, 3.05) is 13.7 Å². The van der Waals surface area contributed by atoms with Gasteiger partial charge >= 0.3 is 0 Å². The van der Waals surface area contributed by atoms with Crippen LogP contribution in [-0.4, -0.2) is 24.5 Å². The number of ether oxygens (including phenoxy) is 1. The Kier molecular flexibility index (Phi) is 2.73. The van der Waals surface area contributed by atoms with E-state index in [1.54, 1.807) is 12.0 Å². The van der Waals surface area contributed by atoms with Gasteiger partial charge in [0.2, 0.25) is 0 Å². The van der Waals surface area contributed by atoms with Gasteiger partial charge in [-0.15, -0.1) is 0 Å². The van der Waals surface area contributed by atoms with E-state index in [-0.39, 0.29) is 12.1 Å². The smallest absolute Gasteiger partial charge is 0.256 e. The lowest BCUT2D eigenvalue weighted by Crippen LogP contribution is -2.29. The molecule has 0 bridgehead atoms. The highest BCUT2D eigenvalue weighted by molar-refractivity contribution is 5.98. The van der Waals surface area contributed by atoms with E-state index in [1.807, 2.05) is 24.3 Å². The van der Waals surface area contributed by atoms with E-state index in [0.29, 0.717) is 0 Å². The molecule has 0 aromatic heterocycles. The fourth-order valence-electron chi connectivity index (χ4n) is 2.05. The lowest BCUT2D eigenvalue weighted by atomic mass is 10.1. The molecule has 0 saturated heterocycles. The zero-order chi connectivity index (χ0) is 10.8. The zero-order valence-electron chi connectivity index (χ0n) is 9.06. The highest BCUT2D eigenvalue weighted by atomic mass is 16.5. The molecule has 3 nitrogen and oxygen atoms in total. The fraction of sp³-hybridized carbons (Fsp3) is 0.417. The molecule has 1 aliphatic rings. The maximum atomic E-state index is 12.0. The minimum atomic E-state index is -0.200. The molecular weight excluding hydrogens is 190 g/mol. The van der Waals surface area contributed by atoms with Crippen LogP contribution in [0.4, 0.5) is 0 Å². The lowest BCUT2D eigenvalue weighted by molar-refractivity contribution is -0.0123. The summed E-state index contributed by atoms with van der Waals surface area (Å²) in [5.41, 5.74) is 1.76. The Morgan fingerprint density at radius 1 is 1.40 bits per heavy atom. The Morgan fingerprint density at radius 2 is 2.13 bits per heavy atom. The first-order valence-corrected chi connectivity index (χ1v) is 5.22. The number of nitrogens with zero attached hydrogens (tertiary/aromatic N) is 1. The van der Waals surface area contributed by atoms with Crippen molar-refractivity contribution in [2.24, 2.45) is 0 Å². The van der Waals surface area contributed by atoms with Gasteiger partial charge < -0.3 is 9.64 Å². The van der Waals surface area contributed by atoms with Gasteiger partial charge in [0.1, 0.15) is 0 Å². The molecule has 0 N–H and O–H groups in total. The van der Waals surface area contributed by atoms with Gasteiger partial charge in [-0.25, -0.2) is 0 Å². The van der Waals surface area contributed by atoms with Gasteiger partial charge in [0.25, 0.3) is 5.91 Å². The third-order valence-corrected chi connectivity index (χ3v) is 2.69. The summed E-state index contributed by atoms with van der Waals surface area (Å²) in [5, 5.41) is 0. The molecule has 1 aromatic carbocycles. The third kappa shape index (κ3) is 1.53. The molecule has 0 fully saturated rings. The summed E-state index contributed by atoms with van der Waals surface area (Å²) in [5.74, 6) is 0.0827. The molecule has 1 unspecified atom stereocenters. The number of benzene rings is 1. The zero-order valence-corrected chi connectivity index (χ0v) is 9.06. The topological polar surface area (TPSA) is 29.5 Å². The third-order valence-electron chi connectivity index (χ3n) is 2.69. The minimum absolute atomic E-state index is 0.0827. The number of carbonyl (C=O) groups excluding carboxylic acids is 1. The predicted molar refractivity (Wildman–Crippen MR) is 57.5 cm³/mol. The van der Waals surface area contributed by atoms with E-state index in [9.17, 15) is 4.79 Å². The molecule has 0 spiro atoms. The SMILES string of the molecule is CCCN1C(=O)c2ccccc2C1OC. The van der Waals surface area contributed by atoms with Gasteiger partial charge in [-0.2, -0.15) is 0 Å². The van der Waals surface area contributed by atoms with Crippen LogP contribution in [0.25, 0.3) is 0 Å². The van der Waals surface area contributed by atoms with Crippen molar-refractivity contribution in [3.63, 3.8) is 0 Å². The van der Waals surface area contributed by atoms with E-state index in [4.69, 9.17) is 4.74 Å². The Bertz CT molecular complexity index is 376. The van der Waals surface area contributed by atoms with Crippen molar-refractivity contribution >= 4 is 5.91 Å². The summed E-state index contributed by atoms with van der Waals surface area (Å²) in [6.07, 6.45) is 0.744. The summed E-state index contributed by atoms with van der Waals surface area (Å²) >= 11 is 0. The first kappa shape index (κ1) is 10.2. The van der Waals surface area contributed by atoms with E-state index in [2.05, 4.69) is 6.92 Å². The van der Waals surface area contributed by atoms with E-state index < -0.39 is 0 Å². The Balaban J connectivity index is 2.39. The maximum Gasteiger partial charge on any atom is 0.256 e. The summed E-state index contributed by atoms with van der Waals surface area (Å²) < 4.78 is 5.38. The quantitative estimate of drug-likeness (QED) is 0.757. The van der Waals surface area contributed by atoms with Crippen molar-refractivity contribution in [3.8, 4) is 0 Å². The summed E-state index contributed by atoms with van der Waals surface area (Å²) in [4.78, 5) is 13.8. The van der Waals surface area contributed by atoms with Crippen LogP contribution in [0.2, 0.25) is 0 Å². The van der Waals surface area contributed by atoms with Crippen LogP contribution < -0.4 is 0 Å². The number of methoxy groups -OCH3 is 1. The second kappa shape index (κ2) is 4.03. The van der Waals surface area contributed by atoms with Crippen molar-refractivity contribution < 1.29 is 9.53 Å². The van der Waals surface area contributed by atoms with E-state index in [1.165, 1.54) is 0 Å². The van der Waals surface area contributed by atoms with Crippen LogP contribution in [-0.2, 0) is 4.74 Å². The average Bonchev–Trinajstić information content (AvgIpc) is 2.54. The monoisotopic (exact) mass is 205 g/mol. The number of hydrogen-bond acceptors (Lipinski definition) is 2.